The smallest absolute Gasteiger partial charge is 0.224 e. The fourth-order valence-electron chi connectivity index (χ4n) is 0.901. The van der Waals surface area contributed by atoms with Gasteiger partial charge in [0.15, 0.2) is 5.78 Å². The van der Waals surface area contributed by atoms with Gasteiger partial charge in [-0.3, -0.25) is 4.79 Å². The molecule has 1 N–H and O–H groups in total. The molecule has 13 heavy (non-hydrogen) atoms. The van der Waals surface area contributed by atoms with Crippen LogP contribution in [0.5, 0.6) is 0 Å². The molecule has 0 spiro atoms. The normalized spacial score (nSPS) is 10.2. The molecule has 0 radical (unpaired) electrons. The van der Waals surface area contributed by atoms with Gasteiger partial charge < -0.3 is 5.11 Å². The van der Waals surface area contributed by atoms with Crippen molar-refractivity contribution in [1.82, 2.24) is 9.97 Å². The highest BCUT2D eigenvalue weighted by molar-refractivity contribution is 6.34. The number of rotatable bonds is 2. The average Bonchev–Trinajstić information content (AvgIpc) is 2.02. The van der Waals surface area contributed by atoms with Gasteiger partial charge in [0.2, 0.25) is 5.28 Å². The van der Waals surface area contributed by atoms with Crippen LogP contribution in [0.25, 0.3) is 0 Å². The van der Waals surface area contributed by atoms with Crippen LogP contribution in [0.1, 0.15) is 16.1 Å². The van der Waals surface area contributed by atoms with Crippen LogP contribution in [0.3, 0.4) is 0 Å². The van der Waals surface area contributed by atoms with Crippen molar-refractivity contribution >= 4 is 29.0 Å². The largest absolute Gasteiger partial charge is 0.388 e. The Balaban J connectivity index is 3.28. The number of carbonyl (C=O) groups excluding carboxylic acids is 1. The van der Waals surface area contributed by atoms with Crippen molar-refractivity contribution in [2.75, 3.05) is 6.61 Å². The van der Waals surface area contributed by atoms with E-state index in [1.807, 2.05) is 0 Å². The van der Waals surface area contributed by atoms with E-state index in [4.69, 9.17) is 28.3 Å². The van der Waals surface area contributed by atoms with Gasteiger partial charge in [0, 0.05) is 0 Å². The molecule has 1 rings (SSSR count). The second-order valence-electron chi connectivity index (χ2n) is 2.33. The van der Waals surface area contributed by atoms with Crippen molar-refractivity contribution in [3.05, 3.63) is 21.7 Å². The molecule has 1 aromatic rings. The van der Waals surface area contributed by atoms with Gasteiger partial charge in [-0.25, -0.2) is 9.97 Å². The summed E-state index contributed by atoms with van der Waals surface area (Å²) in [6, 6.07) is 0. The van der Waals surface area contributed by atoms with E-state index < -0.39 is 12.4 Å². The second-order valence-corrected chi connectivity index (χ2v) is 3.02. The molecule has 0 saturated carbocycles. The molecule has 70 valence electrons. The van der Waals surface area contributed by atoms with Gasteiger partial charge in [0.1, 0.15) is 11.8 Å². The third-order valence-electron chi connectivity index (χ3n) is 1.44. The van der Waals surface area contributed by atoms with Crippen LogP contribution >= 0.6 is 23.2 Å². The van der Waals surface area contributed by atoms with Crippen molar-refractivity contribution in [3.63, 3.8) is 0 Å². The van der Waals surface area contributed by atoms with Crippen LogP contribution in [-0.4, -0.2) is 27.5 Å². The number of halogens is 2. The third-order valence-corrected chi connectivity index (χ3v) is 1.88. The fourth-order valence-corrected chi connectivity index (χ4v) is 1.48. The molecule has 0 saturated heterocycles. The van der Waals surface area contributed by atoms with Gasteiger partial charge >= 0.3 is 0 Å². The molecular weight excluding hydrogens is 215 g/mol. The first-order valence-corrected chi connectivity index (χ1v) is 4.15. The van der Waals surface area contributed by atoms with Crippen molar-refractivity contribution in [3.8, 4) is 0 Å². The Hall–Kier alpha value is -0.710. The molecule has 0 amide bonds. The molecule has 6 heteroatoms. The number of aliphatic hydroxyl groups excluding tert-OH is 1. The number of nitrogens with zero attached hydrogens (tertiary/aromatic N) is 2. The fraction of sp³-hybridized carbons (Fsp3) is 0.286. The minimum Gasteiger partial charge on any atom is -0.388 e. The Bertz CT molecular complexity index is 331. The molecule has 0 unspecified atom stereocenters. The molecule has 1 heterocycles. The number of hydrogen-bond acceptors (Lipinski definition) is 4. The molecule has 0 aliphatic carbocycles. The average molecular weight is 221 g/mol. The number of carbonyl (C=O) groups is 1. The zero-order valence-electron chi connectivity index (χ0n) is 6.71. The van der Waals surface area contributed by atoms with Crippen LogP contribution in [0.4, 0.5) is 0 Å². The van der Waals surface area contributed by atoms with E-state index in [9.17, 15) is 4.79 Å². The molecule has 4 nitrogen and oxygen atoms in total. The van der Waals surface area contributed by atoms with Crippen molar-refractivity contribution < 1.29 is 9.90 Å². The van der Waals surface area contributed by atoms with Gasteiger partial charge in [-0.05, 0) is 18.5 Å². The summed E-state index contributed by atoms with van der Waals surface area (Å²) in [5.74, 6) is -0.515. The van der Waals surface area contributed by atoms with Gasteiger partial charge in [-0.2, -0.15) is 0 Å². The number of aryl methyl sites for hydroxylation is 1. The predicted octanol–water partition coefficient (Wildman–Crippen LogP) is 1.27. The maximum absolute atomic E-state index is 11.1. The first-order valence-electron chi connectivity index (χ1n) is 3.40. The Morgan fingerprint density at radius 1 is 1.46 bits per heavy atom. The lowest BCUT2D eigenvalue weighted by molar-refractivity contribution is 0.0902. The van der Waals surface area contributed by atoms with Crippen LogP contribution in [0.15, 0.2) is 0 Å². The lowest BCUT2D eigenvalue weighted by atomic mass is 10.2. The minimum absolute atomic E-state index is 0.0167. The van der Waals surface area contributed by atoms with E-state index in [0.717, 1.165) is 0 Å². The van der Waals surface area contributed by atoms with E-state index in [1.54, 1.807) is 6.92 Å². The topological polar surface area (TPSA) is 63.1 Å². The van der Waals surface area contributed by atoms with E-state index in [2.05, 4.69) is 9.97 Å². The summed E-state index contributed by atoms with van der Waals surface area (Å²) in [5, 5.41) is 8.56. The summed E-state index contributed by atoms with van der Waals surface area (Å²) in [5.41, 5.74) is 0.484. The molecule has 0 atom stereocenters. The minimum atomic E-state index is -0.619. The third kappa shape index (κ3) is 2.15. The van der Waals surface area contributed by atoms with Gasteiger partial charge in [-0.1, -0.05) is 11.6 Å². The maximum Gasteiger partial charge on any atom is 0.224 e. The lowest BCUT2D eigenvalue weighted by Gasteiger charge is -2.03. The Morgan fingerprint density at radius 2 is 2.08 bits per heavy atom. The first-order chi connectivity index (χ1) is 6.06. The Morgan fingerprint density at radius 3 is 2.54 bits per heavy atom. The zero-order valence-corrected chi connectivity index (χ0v) is 8.22. The lowest BCUT2D eigenvalue weighted by Crippen LogP contribution is -2.10. The molecule has 0 fully saturated rings. The summed E-state index contributed by atoms with van der Waals surface area (Å²) < 4.78 is 0. The molecule has 0 bridgehead atoms. The molecule has 0 aliphatic rings. The maximum atomic E-state index is 11.1. The standard InChI is InChI=1S/C7H6Cl2N2O2/c1-3-5(4(13)2-12)6(8)11-7(9)10-3/h12H,2H2,1H3. The van der Waals surface area contributed by atoms with E-state index >= 15 is 0 Å². The van der Waals surface area contributed by atoms with Gasteiger partial charge in [0.25, 0.3) is 0 Å². The van der Waals surface area contributed by atoms with E-state index in [-0.39, 0.29) is 16.0 Å². The van der Waals surface area contributed by atoms with Crippen LogP contribution < -0.4 is 0 Å². The number of aromatic nitrogens is 2. The van der Waals surface area contributed by atoms with E-state index in [1.165, 1.54) is 0 Å². The monoisotopic (exact) mass is 220 g/mol. The van der Waals surface area contributed by atoms with Crippen molar-refractivity contribution in [1.29, 1.82) is 0 Å². The summed E-state index contributed by atoms with van der Waals surface area (Å²) in [7, 11) is 0. The van der Waals surface area contributed by atoms with Crippen LogP contribution in [0, 0.1) is 6.92 Å². The zero-order chi connectivity index (χ0) is 10.0. The highest BCUT2D eigenvalue weighted by Gasteiger charge is 2.15. The summed E-state index contributed by atoms with van der Waals surface area (Å²) in [6.45, 7) is 0.952. The van der Waals surface area contributed by atoms with Gasteiger partial charge in [0.05, 0.1) is 11.3 Å². The van der Waals surface area contributed by atoms with Crippen molar-refractivity contribution in [2.24, 2.45) is 0 Å². The van der Waals surface area contributed by atoms with E-state index in [0.29, 0.717) is 5.69 Å². The number of aliphatic hydroxyl groups is 1. The molecule has 1 aromatic heterocycles. The number of Topliss-reactive ketones (excluding diaryl/α,β-unsaturated/α-hetero) is 1. The number of ketones is 1. The van der Waals surface area contributed by atoms with Crippen molar-refractivity contribution in [2.45, 2.75) is 6.92 Å². The van der Waals surface area contributed by atoms with Gasteiger partial charge in [-0.15, -0.1) is 0 Å². The summed E-state index contributed by atoms with van der Waals surface area (Å²) >= 11 is 11.1. The number of hydrogen-bond donors (Lipinski definition) is 1. The highest BCUT2D eigenvalue weighted by Crippen LogP contribution is 2.18. The predicted molar refractivity (Wildman–Crippen MR) is 48.2 cm³/mol. The highest BCUT2D eigenvalue weighted by atomic mass is 35.5. The first kappa shape index (κ1) is 10.4. The Labute approximate surface area is 84.5 Å². The quantitative estimate of drug-likeness (QED) is 0.464. The molecular formula is C7H6Cl2N2O2. The second kappa shape index (κ2) is 4.00. The molecule has 0 aliphatic heterocycles. The van der Waals surface area contributed by atoms with Crippen LogP contribution in [-0.2, 0) is 0 Å². The summed E-state index contributed by atoms with van der Waals surface area (Å²) in [6.07, 6.45) is 0. The Kier molecular flexibility index (Phi) is 3.19. The molecule has 0 aromatic carbocycles. The van der Waals surface area contributed by atoms with Crippen LogP contribution in [0.2, 0.25) is 10.4 Å². The summed E-state index contributed by atoms with van der Waals surface area (Å²) in [4.78, 5) is 18.4. The SMILES string of the molecule is Cc1nc(Cl)nc(Cl)c1C(=O)CO.